The van der Waals surface area contributed by atoms with Crippen molar-refractivity contribution in [2.24, 2.45) is 12.9 Å². The van der Waals surface area contributed by atoms with E-state index in [-0.39, 0.29) is 11.9 Å². The van der Waals surface area contributed by atoms with Crippen molar-refractivity contribution in [1.29, 1.82) is 0 Å². The molecule has 2 rings (SSSR count). The van der Waals surface area contributed by atoms with Crippen LogP contribution in [-0.2, 0) is 7.05 Å². The van der Waals surface area contributed by atoms with E-state index >= 15 is 0 Å². The van der Waals surface area contributed by atoms with Crippen molar-refractivity contribution in [2.75, 3.05) is 0 Å². The Kier molecular flexibility index (Phi) is 4.10. The second-order valence-corrected chi connectivity index (χ2v) is 5.26. The summed E-state index contributed by atoms with van der Waals surface area (Å²) in [6.45, 7) is 0. The Balaban J connectivity index is 2.52. The lowest BCUT2D eigenvalue weighted by molar-refractivity contribution is 0.564. The van der Waals surface area contributed by atoms with E-state index in [1.807, 2.05) is 0 Å². The van der Waals surface area contributed by atoms with Gasteiger partial charge in [0.15, 0.2) is 4.60 Å². The number of halogens is 3. The minimum atomic E-state index is -0.352. The van der Waals surface area contributed by atoms with Gasteiger partial charge in [-0.05, 0) is 33.6 Å². The molecule has 96 valence electrons. The van der Waals surface area contributed by atoms with E-state index in [4.69, 9.17) is 5.84 Å². The summed E-state index contributed by atoms with van der Waals surface area (Å²) in [6, 6.07) is 4.07. The lowest BCUT2D eigenvalue weighted by Gasteiger charge is -2.18. The number of nitrogens with two attached hydrogens (primary N) is 1. The summed E-state index contributed by atoms with van der Waals surface area (Å²) >= 11 is 6.64. The van der Waals surface area contributed by atoms with Crippen molar-refractivity contribution < 1.29 is 4.39 Å². The molecule has 2 aromatic rings. The zero-order chi connectivity index (χ0) is 13.3. The first kappa shape index (κ1) is 13.6. The summed E-state index contributed by atoms with van der Waals surface area (Å²) in [4.78, 5) is 0. The molecule has 0 fully saturated rings. The molecule has 0 saturated carbocycles. The molecule has 0 bridgehead atoms. The van der Waals surface area contributed by atoms with Crippen LogP contribution in [0.25, 0.3) is 0 Å². The zero-order valence-corrected chi connectivity index (χ0v) is 12.5. The standard InChI is InChI=1S/C10H10Br2FN5/c1-18-9(10(12)16-17-18)8(15-14)6-3-2-5(13)4-7(6)11/h2-4,8,15H,14H2,1H3. The van der Waals surface area contributed by atoms with E-state index < -0.39 is 0 Å². The number of hydrogen-bond acceptors (Lipinski definition) is 4. The molecule has 0 saturated heterocycles. The van der Waals surface area contributed by atoms with Crippen LogP contribution in [0.1, 0.15) is 17.3 Å². The van der Waals surface area contributed by atoms with Gasteiger partial charge in [0.2, 0.25) is 0 Å². The fourth-order valence-electron chi connectivity index (χ4n) is 1.70. The quantitative estimate of drug-likeness (QED) is 0.633. The Morgan fingerprint density at radius 3 is 2.67 bits per heavy atom. The third kappa shape index (κ3) is 2.46. The first-order valence-electron chi connectivity index (χ1n) is 5.00. The molecule has 18 heavy (non-hydrogen) atoms. The Hall–Kier alpha value is -0.830. The van der Waals surface area contributed by atoms with Crippen LogP contribution in [0.3, 0.4) is 0 Å². The molecule has 0 aliphatic heterocycles. The van der Waals surface area contributed by atoms with Crippen LogP contribution >= 0.6 is 31.9 Å². The number of nitrogens with zero attached hydrogens (tertiary/aromatic N) is 3. The number of nitrogens with one attached hydrogen (secondary N) is 1. The SMILES string of the molecule is Cn1nnc(Br)c1C(NN)c1ccc(F)cc1Br. The molecular weight excluding hydrogens is 369 g/mol. The number of aromatic nitrogens is 3. The largest absolute Gasteiger partial charge is 0.271 e. The van der Waals surface area contributed by atoms with Crippen LogP contribution < -0.4 is 11.3 Å². The minimum Gasteiger partial charge on any atom is -0.271 e. The van der Waals surface area contributed by atoms with Gasteiger partial charge >= 0.3 is 0 Å². The molecule has 1 unspecified atom stereocenters. The third-order valence-electron chi connectivity index (χ3n) is 2.54. The van der Waals surface area contributed by atoms with Crippen molar-refractivity contribution in [1.82, 2.24) is 20.4 Å². The number of hydrogen-bond donors (Lipinski definition) is 2. The molecule has 0 spiro atoms. The summed E-state index contributed by atoms with van der Waals surface area (Å²) in [6.07, 6.45) is 0. The smallest absolute Gasteiger partial charge is 0.153 e. The summed E-state index contributed by atoms with van der Waals surface area (Å²) < 4.78 is 15.9. The van der Waals surface area contributed by atoms with Crippen LogP contribution in [0.2, 0.25) is 0 Å². The molecule has 0 aliphatic carbocycles. The van der Waals surface area contributed by atoms with E-state index in [0.29, 0.717) is 9.08 Å². The molecule has 1 heterocycles. The van der Waals surface area contributed by atoms with Crippen molar-refractivity contribution in [3.05, 3.63) is 44.3 Å². The Labute approximate surface area is 120 Å². The first-order valence-corrected chi connectivity index (χ1v) is 6.59. The molecule has 8 heteroatoms. The highest BCUT2D eigenvalue weighted by Gasteiger charge is 2.22. The van der Waals surface area contributed by atoms with Crippen molar-refractivity contribution in [3.63, 3.8) is 0 Å². The second kappa shape index (κ2) is 5.43. The number of benzene rings is 1. The van der Waals surface area contributed by atoms with Crippen molar-refractivity contribution >= 4 is 31.9 Å². The molecule has 5 nitrogen and oxygen atoms in total. The fourth-order valence-corrected chi connectivity index (χ4v) is 2.83. The van der Waals surface area contributed by atoms with Gasteiger partial charge in [-0.15, -0.1) is 5.10 Å². The molecule has 3 N–H and O–H groups in total. The minimum absolute atomic E-state index is 0.316. The van der Waals surface area contributed by atoms with Crippen LogP contribution in [0.4, 0.5) is 4.39 Å². The van der Waals surface area contributed by atoms with Crippen LogP contribution in [0, 0.1) is 5.82 Å². The number of rotatable bonds is 3. The van der Waals surface area contributed by atoms with Gasteiger partial charge in [0.05, 0.1) is 11.7 Å². The predicted octanol–water partition coefficient (Wildman–Crippen LogP) is 2.03. The van der Waals surface area contributed by atoms with Crippen molar-refractivity contribution in [3.8, 4) is 0 Å². The molecule has 0 amide bonds. The Morgan fingerprint density at radius 1 is 1.44 bits per heavy atom. The maximum Gasteiger partial charge on any atom is 0.153 e. The van der Waals surface area contributed by atoms with E-state index in [2.05, 4.69) is 47.6 Å². The highest BCUT2D eigenvalue weighted by Crippen LogP contribution is 2.31. The van der Waals surface area contributed by atoms with Crippen LogP contribution in [0.15, 0.2) is 27.3 Å². The summed E-state index contributed by atoms with van der Waals surface area (Å²) in [5.41, 5.74) is 4.23. The molecule has 0 radical (unpaired) electrons. The number of aryl methyl sites for hydroxylation is 1. The molecule has 1 atom stereocenters. The van der Waals surface area contributed by atoms with Gasteiger partial charge in [0.25, 0.3) is 0 Å². The van der Waals surface area contributed by atoms with E-state index in [1.54, 1.807) is 17.8 Å². The van der Waals surface area contributed by atoms with Crippen LogP contribution in [-0.4, -0.2) is 15.0 Å². The second-order valence-electron chi connectivity index (χ2n) is 3.65. The summed E-state index contributed by atoms with van der Waals surface area (Å²) in [5, 5.41) is 7.80. The van der Waals surface area contributed by atoms with Gasteiger partial charge in [-0.1, -0.05) is 27.2 Å². The van der Waals surface area contributed by atoms with Gasteiger partial charge in [0.1, 0.15) is 5.82 Å². The third-order valence-corrected chi connectivity index (χ3v) is 3.79. The average molecular weight is 379 g/mol. The summed E-state index contributed by atoms with van der Waals surface area (Å²) in [5.74, 6) is 5.27. The van der Waals surface area contributed by atoms with E-state index in [9.17, 15) is 4.39 Å². The maximum absolute atomic E-state index is 13.1. The average Bonchev–Trinajstić information content (AvgIpc) is 2.64. The van der Waals surface area contributed by atoms with Crippen LogP contribution in [0.5, 0.6) is 0 Å². The first-order chi connectivity index (χ1) is 8.54. The molecule has 0 aliphatic rings. The van der Waals surface area contributed by atoms with Gasteiger partial charge < -0.3 is 0 Å². The highest BCUT2D eigenvalue weighted by atomic mass is 79.9. The topological polar surface area (TPSA) is 68.8 Å². The number of hydrazine groups is 1. The summed E-state index contributed by atoms with van der Waals surface area (Å²) in [7, 11) is 1.76. The molecule has 1 aromatic carbocycles. The van der Waals surface area contributed by atoms with Gasteiger partial charge in [-0.2, -0.15) is 0 Å². The fraction of sp³-hybridized carbons (Fsp3) is 0.200. The molecule has 1 aromatic heterocycles. The predicted molar refractivity (Wildman–Crippen MR) is 72.0 cm³/mol. The van der Waals surface area contributed by atoms with Gasteiger partial charge in [0, 0.05) is 11.5 Å². The van der Waals surface area contributed by atoms with Crippen molar-refractivity contribution in [2.45, 2.75) is 6.04 Å². The normalized spacial score (nSPS) is 12.7. The van der Waals surface area contributed by atoms with Gasteiger partial charge in [-0.25, -0.2) is 14.5 Å². The van der Waals surface area contributed by atoms with E-state index in [1.165, 1.54) is 12.1 Å². The Morgan fingerprint density at radius 2 is 2.17 bits per heavy atom. The highest BCUT2D eigenvalue weighted by molar-refractivity contribution is 9.10. The zero-order valence-electron chi connectivity index (χ0n) is 9.36. The van der Waals surface area contributed by atoms with E-state index in [0.717, 1.165) is 11.3 Å². The Bertz CT molecular complexity index is 552. The monoisotopic (exact) mass is 377 g/mol. The maximum atomic E-state index is 13.1. The molecular formula is C10H10Br2FN5. The van der Waals surface area contributed by atoms with Gasteiger partial charge in [-0.3, -0.25) is 5.84 Å². The lowest BCUT2D eigenvalue weighted by Crippen LogP contribution is -2.31. The lowest BCUT2D eigenvalue weighted by atomic mass is 10.0.